The van der Waals surface area contributed by atoms with Crippen LogP contribution in [0.15, 0.2) is 18.2 Å². The quantitative estimate of drug-likeness (QED) is 0.779. The van der Waals surface area contributed by atoms with Crippen LogP contribution in [-0.2, 0) is 4.79 Å². The van der Waals surface area contributed by atoms with Gasteiger partial charge in [-0.05, 0) is 57.2 Å². The van der Waals surface area contributed by atoms with E-state index in [1.165, 1.54) is 4.90 Å². The maximum absolute atomic E-state index is 12.8. The van der Waals surface area contributed by atoms with E-state index in [1.54, 1.807) is 25.3 Å². The first kappa shape index (κ1) is 19.1. The Balaban J connectivity index is 2.26. The summed E-state index contributed by atoms with van der Waals surface area (Å²) in [6.07, 6.45) is 5.11. The Bertz CT molecular complexity index is 610. The summed E-state index contributed by atoms with van der Waals surface area (Å²) >= 11 is 0. The zero-order valence-electron chi connectivity index (χ0n) is 15.2. The molecule has 2 rings (SSSR count). The first-order chi connectivity index (χ1) is 12.0. The van der Waals surface area contributed by atoms with E-state index < -0.39 is 5.97 Å². The van der Waals surface area contributed by atoms with Gasteiger partial charge in [0.1, 0.15) is 6.54 Å². The molecule has 0 bridgehead atoms. The number of carbonyl (C=O) groups excluding carboxylic acids is 1. The smallest absolute Gasteiger partial charge is 0.323 e. The van der Waals surface area contributed by atoms with Gasteiger partial charge in [0, 0.05) is 11.6 Å². The summed E-state index contributed by atoms with van der Waals surface area (Å²) in [7, 11) is 1.56. The van der Waals surface area contributed by atoms with Crippen LogP contribution in [0, 0.1) is 0 Å². The molecule has 0 saturated heterocycles. The largest absolute Gasteiger partial charge is 0.493 e. The standard InChI is InChI=1S/C19H27NO5/c1-4-13(2)20(12-18(21)22)19(23)14-9-10-16(24-3)17(11-14)25-15-7-5-6-8-15/h9-11,13,15H,4-8,12H2,1-3H3,(H,21,22). The number of methoxy groups -OCH3 is 1. The monoisotopic (exact) mass is 349 g/mol. The summed E-state index contributed by atoms with van der Waals surface area (Å²) in [4.78, 5) is 25.3. The number of rotatable bonds is 8. The van der Waals surface area contributed by atoms with Gasteiger partial charge in [0.2, 0.25) is 0 Å². The molecule has 1 aliphatic rings. The highest BCUT2D eigenvalue weighted by atomic mass is 16.5. The average Bonchev–Trinajstić information content (AvgIpc) is 3.11. The van der Waals surface area contributed by atoms with Crippen LogP contribution in [0.1, 0.15) is 56.3 Å². The third-order valence-electron chi connectivity index (χ3n) is 4.70. The lowest BCUT2D eigenvalue weighted by Crippen LogP contribution is -2.41. The maximum Gasteiger partial charge on any atom is 0.323 e. The highest BCUT2D eigenvalue weighted by Gasteiger charge is 2.25. The van der Waals surface area contributed by atoms with Crippen LogP contribution in [0.5, 0.6) is 11.5 Å². The van der Waals surface area contributed by atoms with Crippen molar-refractivity contribution < 1.29 is 24.2 Å². The number of benzene rings is 1. The summed E-state index contributed by atoms with van der Waals surface area (Å²) < 4.78 is 11.4. The number of carboxylic acids is 1. The fourth-order valence-electron chi connectivity index (χ4n) is 3.05. The van der Waals surface area contributed by atoms with Gasteiger partial charge in [-0.1, -0.05) is 6.92 Å². The average molecular weight is 349 g/mol. The molecule has 0 heterocycles. The van der Waals surface area contributed by atoms with Crippen LogP contribution < -0.4 is 9.47 Å². The van der Waals surface area contributed by atoms with Crippen LogP contribution >= 0.6 is 0 Å². The third-order valence-corrected chi connectivity index (χ3v) is 4.70. The first-order valence-electron chi connectivity index (χ1n) is 8.83. The minimum atomic E-state index is -1.02. The highest BCUT2D eigenvalue weighted by molar-refractivity contribution is 5.96. The lowest BCUT2D eigenvalue weighted by atomic mass is 10.1. The topological polar surface area (TPSA) is 76.1 Å². The number of nitrogens with zero attached hydrogens (tertiary/aromatic N) is 1. The second-order valence-electron chi connectivity index (χ2n) is 6.47. The molecule has 1 aromatic rings. The third kappa shape index (κ3) is 4.87. The molecule has 25 heavy (non-hydrogen) atoms. The predicted octanol–water partition coefficient (Wildman–Crippen LogP) is 3.34. The van der Waals surface area contributed by atoms with Crippen molar-refractivity contribution >= 4 is 11.9 Å². The van der Waals surface area contributed by atoms with Crippen LogP contribution in [0.3, 0.4) is 0 Å². The van der Waals surface area contributed by atoms with Gasteiger partial charge >= 0.3 is 5.97 Å². The predicted molar refractivity (Wildman–Crippen MR) is 94.3 cm³/mol. The molecular weight excluding hydrogens is 322 g/mol. The Kier molecular flexibility index (Phi) is 6.67. The van der Waals surface area contributed by atoms with Crippen LogP contribution in [0.4, 0.5) is 0 Å². The fraction of sp³-hybridized carbons (Fsp3) is 0.579. The molecular formula is C19H27NO5. The molecule has 0 spiro atoms. The fourth-order valence-corrected chi connectivity index (χ4v) is 3.05. The van der Waals surface area contributed by atoms with Crippen LogP contribution in [0.2, 0.25) is 0 Å². The summed E-state index contributed by atoms with van der Waals surface area (Å²) in [5.41, 5.74) is 0.412. The summed E-state index contributed by atoms with van der Waals surface area (Å²) in [6.45, 7) is 3.45. The molecule has 1 saturated carbocycles. The second kappa shape index (κ2) is 8.74. The number of hydrogen-bond acceptors (Lipinski definition) is 4. The number of aliphatic carboxylic acids is 1. The van der Waals surface area contributed by atoms with Crippen molar-refractivity contribution in [2.45, 2.75) is 58.1 Å². The number of hydrogen-bond donors (Lipinski definition) is 1. The molecule has 6 nitrogen and oxygen atoms in total. The molecule has 1 atom stereocenters. The maximum atomic E-state index is 12.8. The van der Waals surface area contributed by atoms with Crippen molar-refractivity contribution in [3.05, 3.63) is 23.8 Å². The molecule has 1 amide bonds. The molecule has 1 unspecified atom stereocenters. The van der Waals surface area contributed by atoms with E-state index in [9.17, 15) is 9.59 Å². The van der Waals surface area contributed by atoms with Crippen LogP contribution in [-0.4, -0.2) is 47.7 Å². The number of carboxylic acid groups (broad SMARTS) is 1. The van der Waals surface area contributed by atoms with Gasteiger partial charge in [0.05, 0.1) is 13.2 Å². The van der Waals surface area contributed by atoms with Gasteiger partial charge in [0.25, 0.3) is 5.91 Å². The van der Waals surface area contributed by atoms with Gasteiger partial charge < -0.3 is 19.5 Å². The first-order valence-corrected chi connectivity index (χ1v) is 8.83. The molecule has 1 aliphatic carbocycles. The Labute approximate surface area is 148 Å². The summed E-state index contributed by atoms with van der Waals surface area (Å²) in [5.74, 6) is -0.211. The van der Waals surface area contributed by atoms with E-state index in [4.69, 9.17) is 14.6 Å². The number of ether oxygens (including phenoxy) is 2. The lowest BCUT2D eigenvalue weighted by Gasteiger charge is -2.27. The van der Waals surface area contributed by atoms with Crippen molar-refractivity contribution in [3.63, 3.8) is 0 Å². The molecule has 1 fully saturated rings. The van der Waals surface area contributed by atoms with Gasteiger partial charge in [-0.15, -0.1) is 0 Å². The van der Waals surface area contributed by atoms with E-state index in [1.807, 2.05) is 13.8 Å². The van der Waals surface area contributed by atoms with E-state index in [-0.39, 0.29) is 24.6 Å². The van der Waals surface area contributed by atoms with E-state index in [2.05, 4.69) is 0 Å². The van der Waals surface area contributed by atoms with E-state index in [0.29, 0.717) is 23.5 Å². The minimum Gasteiger partial charge on any atom is -0.493 e. The van der Waals surface area contributed by atoms with Gasteiger partial charge in [0.15, 0.2) is 11.5 Å². The zero-order chi connectivity index (χ0) is 18.4. The van der Waals surface area contributed by atoms with Crippen molar-refractivity contribution in [2.75, 3.05) is 13.7 Å². The Morgan fingerprint density at radius 2 is 1.96 bits per heavy atom. The molecule has 1 aromatic carbocycles. The van der Waals surface area contributed by atoms with Gasteiger partial charge in [-0.3, -0.25) is 9.59 Å². The van der Waals surface area contributed by atoms with Crippen molar-refractivity contribution in [2.24, 2.45) is 0 Å². The summed E-state index contributed by atoms with van der Waals surface area (Å²) in [5, 5.41) is 9.11. The zero-order valence-corrected chi connectivity index (χ0v) is 15.2. The SMILES string of the molecule is CCC(C)N(CC(=O)O)C(=O)c1ccc(OC)c(OC2CCCC2)c1. The molecule has 1 N–H and O–H groups in total. The number of amides is 1. The van der Waals surface area contributed by atoms with Gasteiger partial charge in [-0.2, -0.15) is 0 Å². The number of carbonyl (C=O) groups is 2. The molecule has 0 radical (unpaired) electrons. The van der Waals surface area contributed by atoms with Gasteiger partial charge in [-0.25, -0.2) is 0 Å². The van der Waals surface area contributed by atoms with E-state index >= 15 is 0 Å². The van der Waals surface area contributed by atoms with Crippen molar-refractivity contribution in [3.8, 4) is 11.5 Å². The Hall–Kier alpha value is -2.24. The van der Waals surface area contributed by atoms with E-state index in [0.717, 1.165) is 25.7 Å². The normalized spacial score (nSPS) is 15.6. The lowest BCUT2D eigenvalue weighted by molar-refractivity contribution is -0.138. The Morgan fingerprint density at radius 1 is 1.28 bits per heavy atom. The molecule has 0 aromatic heterocycles. The molecule has 0 aliphatic heterocycles. The van der Waals surface area contributed by atoms with Crippen LogP contribution in [0.25, 0.3) is 0 Å². The second-order valence-corrected chi connectivity index (χ2v) is 6.47. The highest BCUT2D eigenvalue weighted by Crippen LogP contribution is 2.33. The molecule has 6 heteroatoms. The molecule has 138 valence electrons. The Morgan fingerprint density at radius 3 is 2.52 bits per heavy atom. The van der Waals surface area contributed by atoms with Crippen molar-refractivity contribution in [1.82, 2.24) is 4.90 Å². The minimum absolute atomic E-state index is 0.143. The van der Waals surface area contributed by atoms with Crippen molar-refractivity contribution in [1.29, 1.82) is 0 Å². The summed E-state index contributed by atoms with van der Waals surface area (Å²) in [6, 6.07) is 4.86.